The number of rotatable bonds is 3. The van der Waals surface area contributed by atoms with Crippen molar-refractivity contribution in [2.75, 3.05) is 0 Å². The molecule has 1 aromatic rings. The quantitative estimate of drug-likeness (QED) is 0.631. The van der Waals surface area contributed by atoms with Crippen LogP contribution in [0.4, 0.5) is 13.2 Å². The highest BCUT2D eigenvalue weighted by atomic mass is 79.9. The van der Waals surface area contributed by atoms with Gasteiger partial charge in [-0.1, -0.05) is 28.1 Å². The summed E-state index contributed by atoms with van der Waals surface area (Å²) in [4.78, 5) is 1.55. The molecule has 0 radical (unpaired) electrons. The fourth-order valence-corrected chi connectivity index (χ4v) is 1.65. The van der Waals surface area contributed by atoms with Crippen LogP contribution in [0.15, 0.2) is 29.3 Å². The number of halogens is 4. The average molecular weight is 331 g/mol. The molecule has 0 aliphatic rings. The molecule has 0 N–H and O–H groups in total. The lowest BCUT2D eigenvalue weighted by atomic mass is 10.2. The highest BCUT2D eigenvalue weighted by Gasteiger charge is 2.48. The Balaban J connectivity index is 2.91. The van der Waals surface area contributed by atoms with Crippen molar-refractivity contribution in [1.29, 1.82) is 0 Å². The van der Waals surface area contributed by atoms with Crippen LogP contribution in [0.1, 0.15) is 5.56 Å². The highest BCUT2D eigenvalue weighted by Crippen LogP contribution is 2.27. The van der Waals surface area contributed by atoms with E-state index < -0.39 is 21.4 Å². The van der Waals surface area contributed by atoms with Gasteiger partial charge < -0.3 is 4.18 Å². The predicted octanol–water partition coefficient (Wildman–Crippen LogP) is 3.28. The van der Waals surface area contributed by atoms with Gasteiger partial charge in [0.1, 0.15) is 5.75 Å². The van der Waals surface area contributed by atoms with Gasteiger partial charge in [0.2, 0.25) is 0 Å². The highest BCUT2D eigenvalue weighted by molar-refractivity contribution is 9.11. The fourth-order valence-electron chi connectivity index (χ4n) is 0.881. The summed E-state index contributed by atoms with van der Waals surface area (Å²) in [6.45, 7) is 0. The molecule has 17 heavy (non-hydrogen) atoms. The van der Waals surface area contributed by atoms with Crippen molar-refractivity contribution in [2.24, 2.45) is 0 Å². The second-order valence-corrected chi connectivity index (χ2v) is 4.91. The Hall–Kier alpha value is -1.02. The van der Waals surface area contributed by atoms with E-state index >= 15 is 0 Å². The standard InChI is InChI=1S/C9H6BrF3O3S/c10-6-5-7-1-3-8(4-2-7)16-17(14,15)9(11,12)13/h1-6H. The second kappa shape index (κ2) is 5.09. The molecule has 1 rings (SSSR count). The van der Waals surface area contributed by atoms with E-state index in [9.17, 15) is 21.6 Å². The van der Waals surface area contributed by atoms with Crippen molar-refractivity contribution in [1.82, 2.24) is 0 Å². The van der Waals surface area contributed by atoms with Crippen molar-refractivity contribution in [3.63, 3.8) is 0 Å². The van der Waals surface area contributed by atoms with E-state index in [4.69, 9.17) is 0 Å². The lowest BCUT2D eigenvalue weighted by Crippen LogP contribution is -2.28. The molecule has 0 spiro atoms. The van der Waals surface area contributed by atoms with Crippen LogP contribution in [0.25, 0.3) is 6.08 Å². The minimum absolute atomic E-state index is 0.394. The van der Waals surface area contributed by atoms with E-state index in [2.05, 4.69) is 20.1 Å². The largest absolute Gasteiger partial charge is 0.534 e. The van der Waals surface area contributed by atoms with Crippen LogP contribution in [-0.2, 0) is 10.1 Å². The lowest BCUT2D eigenvalue weighted by molar-refractivity contribution is -0.0500. The zero-order chi connectivity index (χ0) is 13.1. The molecular formula is C9H6BrF3O3S. The van der Waals surface area contributed by atoms with E-state index in [0.717, 1.165) is 12.1 Å². The normalized spacial score (nSPS) is 12.9. The Labute approximate surface area is 104 Å². The summed E-state index contributed by atoms with van der Waals surface area (Å²) in [6.07, 6.45) is 1.63. The number of hydrogen-bond donors (Lipinski definition) is 0. The topological polar surface area (TPSA) is 43.4 Å². The molecule has 8 heteroatoms. The molecule has 0 fully saturated rings. The first-order chi connectivity index (χ1) is 7.76. The van der Waals surface area contributed by atoms with Gasteiger partial charge in [-0.3, -0.25) is 0 Å². The van der Waals surface area contributed by atoms with Gasteiger partial charge in [0, 0.05) is 0 Å². The summed E-state index contributed by atoms with van der Waals surface area (Å²) in [7, 11) is -5.60. The molecule has 0 atom stereocenters. The molecule has 0 aliphatic heterocycles. The number of benzene rings is 1. The van der Waals surface area contributed by atoms with Gasteiger partial charge in [0.05, 0.1) is 0 Å². The summed E-state index contributed by atoms with van der Waals surface area (Å²) in [5.41, 5.74) is -4.75. The third-order valence-electron chi connectivity index (χ3n) is 1.62. The van der Waals surface area contributed by atoms with Crippen LogP contribution in [0.3, 0.4) is 0 Å². The smallest absolute Gasteiger partial charge is 0.376 e. The molecule has 0 aliphatic carbocycles. The first-order valence-electron chi connectivity index (χ1n) is 4.14. The molecule has 0 saturated heterocycles. The van der Waals surface area contributed by atoms with Crippen molar-refractivity contribution >= 4 is 32.1 Å². The third kappa shape index (κ3) is 3.74. The van der Waals surface area contributed by atoms with E-state index in [1.165, 1.54) is 12.1 Å². The van der Waals surface area contributed by atoms with Gasteiger partial charge in [-0.2, -0.15) is 21.6 Å². The Morgan fingerprint density at radius 3 is 2.12 bits per heavy atom. The van der Waals surface area contributed by atoms with Gasteiger partial charge in [-0.15, -0.1) is 0 Å². The van der Waals surface area contributed by atoms with E-state index in [-0.39, 0.29) is 0 Å². The fraction of sp³-hybridized carbons (Fsp3) is 0.111. The maximum Gasteiger partial charge on any atom is 0.534 e. The predicted molar refractivity (Wildman–Crippen MR) is 60.0 cm³/mol. The van der Waals surface area contributed by atoms with Crippen molar-refractivity contribution < 1.29 is 25.8 Å². The van der Waals surface area contributed by atoms with Crippen LogP contribution in [0, 0.1) is 0 Å². The molecule has 0 bridgehead atoms. The summed E-state index contributed by atoms with van der Waals surface area (Å²) < 4.78 is 61.2. The van der Waals surface area contributed by atoms with Gasteiger partial charge in [-0.05, 0) is 28.8 Å². The zero-order valence-corrected chi connectivity index (χ0v) is 10.5. The van der Waals surface area contributed by atoms with Crippen LogP contribution < -0.4 is 4.18 Å². The van der Waals surface area contributed by atoms with Gasteiger partial charge in [-0.25, -0.2) is 0 Å². The first kappa shape index (κ1) is 14.0. The van der Waals surface area contributed by atoms with E-state index in [1.807, 2.05) is 0 Å². The van der Waals surface area contributed by atoms with Crippen molar-refractivity contribution in [3.8, 4) is 5.75 Å². The van der Waals surface area contributed by atoms with Crippen molar-refractivity contribution in [3.05, 3.63) is 34.8 Å². The number of alkyl halides is 3. The molecule has 1 aromatic carbocycles. The summed E-state index contributed by atoms with van der Waals surface area (Å²) in [6, 6.07) is 5.09. The monoisotopic (exact) mass is 330 g/mol. The van der Waals surface area contributed by atoms with Gasteiger partial charge >= 0.3 is 15.6 Å². The SMILES string of the molecule is O=S(=O)(Oc1ccc(C=CBr)cc1)C(F)(F)F. The molecule has 0 aromatic heterocycles. The molecule has 0 amide bonds. The summed E-state index contributed by atoms with van der Waals surface area (Å²) in [5, 5.41) is 0. The maximum atomic E-state index is 12.0. The van der Waals surface area contributed by atoms with Crippen molar-refractivity contribution in [2.45, 2.75) is 5.51 Å². The Bertz CT molecular complexity index is 505. The molecule has 0 heterocycles. The molecule has 0 saturated carbocycles. The zero-order valence-electron chi connectivity index (χ0n) is 8.11. The maximum absolute atomic E-state index is 12.0. The summed E-state index contributed by atoms with van der Waals surface area (Å²) >= 11 is 3.02. The van der Waals surface area contributed by atoms with Gasteiger partial charge in [0.15, 0.2) is 0 Å². The van der Waals surface area contributed by atoms with Crippen LogP contribution in [0.5, 0.6) is 5.75 Å². The van der Waals surface area contributed by atoms with E-state index in [0.29, 0.717) is 5.56 Å². The molecule has 0 unspecified atom stereocenters. The van der Waals surface area contributed by atoms with Crippen LogP contribution in [-0.4, -0.2) is 13.9 Å². The molecular weight excluding hydrogens is 325 g/mol. The Kier molecular flexibility index (Phi) is 4.21. The minimum atomic E-state index is -5.60. The summed E-state index contributed by atoms with van der Waals surface area (Å²) in [5.74, 6) is -0.394. The number of hydrogen-bond acceptors (Lipinski definition) is 3. The Morgan fingerprint density at radius 2 is 1.71 bits per heavy atom. The first-order valence-corrected chi connectivity index (χ1v) is 6.46. The van der Waals surface area contributed by atoms with Crippen LogP contribution in [0.2, 0.25) is 0 Å². The molecule has 94 valence electrons. The average Bonchev–Trinajstić information content (AvgIpc) is 2.19. The van der Waals surface area contributed by atoms with Gasteiger partial charge in [0.25, 0.3) is 0 Å². The lowest BCUT2D eigenvalue weighted by Gasteiger charge is -2.09. The second-order valence-electron chi connectivity index (χ2n) is 2.84. The van der Waals surface area contributed by atoms with E-state index in [1.54, 1.807) is 11.1 Å². The minimum Gasteiger partial charge on any atom is -0.376 e. The van der Waals surface area contributed by atoms with Crippen LogP contribution >= 0.6 is 15.9 Å². The molecule has 3 nitrogen and oxygen atoms in total. The third-order valence-corrected chi connectivity index (χ3v) is 2.87. The Morgan fingerprint density at radius 1 is 1.18 bits per heavy atom.